The van der Waals surface area contributed by atoms with Crippen LogP contribution in [0.3, 0.4) is 0 Å². The second-order valence-electron chi connectivity index (χ2n) is 5.24. The van der Waals surface area contributed by atoms with Crippen LogP contribution in [-0.4, -0.2) is 38.3 Å². The van der Waals surface area contributed by atoms with Crippen molar-refractivity contribution in [3.05, 3.63) is 29.8 Å². The molecule has 1 aliphatic heterocycles. The molecule has 1 atom stereocenters. The van der Waals surface area contributed by atoms with E-state index < -0.39 is 9.84 Å². The third-order valence-corrected chi connectivity index (χ3v) is 5.18. The summed E-state index contributed by atoms with van der Waals surface area (Å²) in [6.45, 7) is 1.78. The molecule has 0 bridgehead atoms. The van der Waals surface area contributed by atoms with Gasteiger partial charge in [-0.25, -0.2) is 8.42 Å². The summed E-state index contributed by atoms with van der Waals surface area (Å²) in [5, 5.41) is 5.37. The van der Waals surface area contributed by atoms with E-state index in [1.165, 1.54) is 6.92 Å². The van der Waals surface area contributed by atoms with E-state index in [1.807, 2.05) is 0 Å². The molecule has 1 aromatic rings. The van der Waals surface area contributed by atoms with Crippen LogP contribution in [0, 0.1) is 5.92 Å². The van der Waals surface area contributed by atoms with Gasteiger partial charge in [-0.15, -0.1) is 0 Å². The van der Waals surface area contributed by atoms with Crippen LogP contribution >= 0.6 is 0 Å². The molecule has 114 valence electrons. The summed E-state index contributed by atoms with van der Waals surface area (Å²) in [6.07, 6.45) is 0.601. The number of benzene rings is 1. The maximum absolute atomic E-state index is 11.9. The third kappa shape index (κ3) is 4.56. The topological polar surface area (TPSA) is 92.3 Å². The molecule has 21 heavy (non-hydrogen) atoms. The Morgan fingerprint density at radius 3 is 2.43 bits per heavy atom. The zero-order valence-corrected chi connectivity index (χ0v) is 12.6. The van der Waals surface area contributed by atoms with Crippen molar-refractivity contribution in [1.82, 2.24) is 5.32 Å². The quantitative estimate of drug-likeness (QED) is 0.861. The van der Waals surface area contributed by atoms with Gasteiger partial charge in [0, 0.05) is 24.7 Å². The number of sulfone groups is 1. The smallest absolute Gasteiger partial charge is 0.251 e. The second-order valence-corrected chi connectivity index (χ2v) is 7.47. The molecule has 2 amide bonds. The van der Waals surface area contributed by atoms with Gasteiger partial charge in [0.1, 0.15) is 0 Å². The summed E-state index contributed by atoms with van der Waals surface area (Å²) < 4.78 is 22.7. The minimum absolute atomic E-state index is 0.00222. The van der Waals surface area contributed by atoms with E-state index in [0.29, 0.717) is 24.2 Å². The van der Waals surface area contributed by atoms with Crippen molar-refractivity contribution in [2.75, 3.05) is 23.4 Å². The van der Waals surface area contributed by atoms with E-state index in [1.54, 1.807) is 24.3 Å². The SMILES string of the molecule is CC(=O)Nc1ccc(C(=O)NCC2CCS(=O)(=O)C2)cc1. The number of carbonyl (C=O) groups excluding carboxylic acids is 2. The molecule has 0 aromatic heterocycles. The average Bonchev–Trinajstić information content (AvgIpc) is 2.76. The van der Waals surface area contributed by atoms with Gasteiger partial charge in [0.2, 0.25) is 5.91 Å². The average molecular weight is 310 g/mol. The van der Waals surface area contributed by atoms with Gasteiger partial charge in [0.05, 0.1) is 11.5 Å². The number of nitrogens with one attached hydrogen (secondary N) is 2. The van der Waals surface area contributed by atoms with Crippen LogP contribution in [0.5, 0.6) is 0 Å². The summed E-state index contributed by atoms with van der Waals surface area (Å²) in [7, 11) is -2.92. The largest absolute Gasteiger partial charge is 0.352 e. The normalized spacial score (nSPS) is 20.0. The van der Waals surface area contributed by atoms with Gasteiger partial charge in [-0.05, 0) is 36.6 Å². The summed E-state index contributed by atoms with van der Waals surface area (Å²) in [5.74, 6) is -0.0610. The van der Waals surface area contributed by atoms with E-state index in [-0.39, 0.29) is 29.2 Å². The van der Waals surface area contributed by atoms with Gasteiger partial charge < -0.3 is 10.6 Å². The Kier molecular flexibility index (Phi) is 4.62. The van der Waals surface area contributed by atoms with Crippen LogP contribution < -0.4 is 10.6 Å². The molecule has 2 rings (SSSR count). The Morgan fingerprint density at radius 1 is 1.24 bits per heavy atom. The van der Waals surface area contributed by atoms with Crippen molar-refractivity contribution in [2.24, 2.45) is 5.92 Å². The molecule has 1 fully saturated rings. The van der Waals surface area contributed by atoms with E-state index in [2.05, 4.69) is 10.6 Å². The zero-order chi connectivity index (χ0) is 15.5. The van der Waals surface area contributed by atoms with Crippen molar-refractivity contribution in [1.29, 1.82) is 0 Å². The molecule has 1 unspecified atom stereocenters. The Labute approximate surface area is 123 Å². The molecular formula is C14H18N2O4S. The summed E-state index contributed by atoms with van der Waals surface area (Å²) in [4.78, 5) is 22.8. The van der Waals surface area contributed by atoms with Crippen LogP contribution in [0.25, 0.3) is 0 Å². The summed E-state index contributed by atoms with van der Waals surface area (Å²) in [6, 6.07) is 6.53. The highest BCUT2D eigenvalue weighted by Gasteiger charge is 2.27. The maximum Gasteiger partial charge on any atom is 0.251 e. The summed E-state index contributed by atoms with van der Waals surface area (Å²) >= 11 is 0. The standard InChI is InChI=1S/C14H18N2O4S/c1-10(17)16-13-4-2-12(3-5-13)14(18)15-8-11-6-7-21(19,20)9-11/h2-5,11H,6-9H2,1H3,(H,15,18)(H,16,17). The van der Waals surface area contributed by atoms with E-state index >= 15 is 0 Å². The number of hydrogen-bond acceptors (Lipinski definition) is 4. The first-order valence-corrected chi connectivity index (χ1v) is 8.54. The summed E-state index contributed by atoms with van der Waals surface area (Å²) in [5.41, 5.74) is 1.10. The van der Waals surface area contributed by atoms with Crippen LogP contribution in [0.2, 0.25) is 0 Å². The van der Waals surface area contributed by atoms with Crippen LogP contribution in [0.4, 0.5) is 5.69 Å². The molecule has 1 heterocycles. The first-order chi connectivity index (χ1) is 9.85. The lowest BCUT2D eigenvalue weighted by Gasteiger charge is -2.10. The molecule has 1 aromatic carbocycles. The third-order valence-electron chi connectivity index (χ3n) is 3.35. The highest BCUT2D eigenvalue weighted by atomic mass is 32.2. The van der Waals surface area contributed by atoms with Crippen molar-refractivity contribution >= 4 is 27.3 Å². The zero-order valence-electron chi connectivity index (χ0n) is 11.8. The van der Waals surface area contributed by atoms with Crippen LogP contribution in [0.15, 0.2) is 24.3 Å². The number of anilines is 1. The lowest BCUT2D eigenvalue weighted by Crippen LogP contribution is -2.29. The fraction of sp³-hybridized carbons (Fsp3) is 0.429. The Balaban J connectivity index is 1.87. The number of amides is 2. The lowest BCUT2D eigenvalue weighted by atomic mass is 10.1. The predicted molar refractivity (Wildman–Crippen MR) is 79.8 cm³/mol. The monoisotopic (exact) mass is 310 g/mol. The van der Waals surface area contributed by atoms with Crippen LogP contribution in [0.1, 0.15) is 23.7 Å². The highest BCUT2D eigenvalue weighted by Crippen LogP contribution is 2.17. The molecule has 0 aliphatic carbocycles. The van der Waals surface area contributed by atoms with E-state index in [4.69, 9.17) is 0 Å². The highest BCUT2D eigenvalue weighted by molar-refractivity contribution is 7.91. The number of hydrogen-bond donors (Lipinski definition) is 2. The molecule has 1 aliphatic rings. The van der Waals surface area contributed by atoms with Gasteiger partial charge in [-0.1, -0.05) is 0 Å². The van der Waals surface area contributed by atoms with E-state index in [9.17, 15) is 18.0 Å². The Hall–Kier alpha value is -1.89. The van der Waals surface area contributed by atoms with E-state index in [0.717, 1.165) is 0 Å². The molecule has 7 heteroatoms. The molecular weight excluding hydrogens is 292 g/mol. The second kappa shape index (κ2) is 6.26. The Bertz CT molecular complexity index is 637. The number of rotatable bonds is 4. The van der Waals surface area contributed by atoms with Gasteiger partial charge in [0.25, 0.3) is 5.91 Å². The van der Waals surface area contributed by atoms with Gasteiger partial charge in [-0.3, -0.25) is 9.59 Å². The van der Waals surface area contributed by atoms with Crippen molar-refractivity contribution in [3.63, 3.8) is 0 Å². The predicted octanol–water partition coefficient (Wildman–Crippen LogP) is 0.809. The fourth-order valence-corrected chi connectivity index (χ4v) is 4.14. The molecule has 0 spiro atoms. The lowest BCUT2D eigenvalue weighted by molar-refractivity contribution is -0.114. The van der Waals surface area contributed by atoms with Gasteiger partial charge >= 0.3 is 0 Å². The fourth-order valence-electron chi connectivity index (χ4n) is 2.28. The first kappa shape index (κ1) is 15.5. The molecule has 6 nitrogen and oxygen atoms in total. The van der Waals surface area contributed by atoms with Crippen molar-refractivity contribution < 1.29 is 18.0 Å². The van der Waals surface area contributed by atoms with Crippen molar-refractivity contribution in [3.8, 4) is 0 Å². The maximum atomic E-state index is 11.9. The minimum atomic E-state index is -2.92. The van der Waals surface area contributed by atoms with Gasteiger partial charge in [-0.2, -0.15) is 0 Å². The Morgan fingerprint density at radius 2 is 1.90 bits per heavy atom. The molecule has 0 saturated carbocycles. The number of carbonyl (C=O) groups is 2. The molecule has 0 radical (unpaired) electrons. The first-order valence-electron chi connectivity index (χ1n) is 6.72. The van der Waals surface area contributed by atoms with Crippen molar-refractivity contribution in [2.45, 2.75) is 13.3 Å². The minimum Gasteiger partial charge on any atom is -0.352 e. The van der Waals surface area contributed by atoms with Gasteiger partial charge in [0.15, 0.2) is 9.84 Å². The van der Waals surface area contributed by atoms with Crippen LogP contribution in [-0.2, 0) is 14.6 Å². The molecule has 2 N–H and O–H groups in total. The molecule has 1 saturated heterocycles.